The van der Waals surface area contributed by atoms with Gasteiger partial charge in [0.05, 0.1) is 4.90 Å². The smallest absolute Gasteiger partial charge is 0.240 e. The van der Waals surface area contributed by atoms with Gasteiger partial charge < -0.3 is 5.32 Å². The van der Waals surface area contributed by atoms with Crippen LogP contribution in [0.2, 0.25) is 0 Å². The van der Waals surface area contributed by atoms with Gasteiger partial charge in [-0.2, -0.15) is 0 Å². The Balaban J connectivity index is 3.24. The van der Waals surface area contributed by atoms with E-state index in [-0.39, 0.29) is 10.7 Å². The van der Waals surface area contributed by atoms with Gasteiger partial charge in [0.15, 0.2) is 0 Å². The first kappa shape index (κ1) is 14.1. The second-order valence-corrected chi connectivity index (χ2v) is 5.59. The van der Waals surface area contributed by atoms with Crippen LogP contribution in [0.25, 0.3) is 0 Å². The van der Waals surface area contributed by atoms with Crippen molar-refractivity contribution in [1.82, 2.24) is 10.0 Å². The molecule has 0 unspecified atom stereocenters. The molecule has 0 aliphatic carbocycles. The molecule has 1 aromatic rings. The van der Waals surface area contributed by atoms with E-state index in [0.717, 1.165) is 0 Å². The van der Waals surface area contributed by atoms with Crippen LogP contribution in [0.15, 0.2) is 17.0 Å². The lowest BCUT2D eigenvalue weighted by Crippen LogP contribution is -2.20. The van der Waals surface area contributed by atoms with Crippen molar-refractivity contribution in [2.75, 3.05) is 13.6 Å². The number of halogens is 1. The molecule has 2 N–H and O–H groups in total. The number of sulfonamides is 1. The van der Waals surface area contributed by atoms with Crippen LogP contribution in [0.3, 0.4) is 0 Å². The number of aryl methyl sites for hydroxylation is 1. The number of benzene rings is 1. The quantitative estimate of drug-likeness (QED) is 0.835. The van der Waals surface area contributed by atoms with E-state index in [1.165, 1.54) is 19.2 Å². The highest BCUT2D eigenvalue weighted by molar-refractivity contribution is 7.89. The van der Waals surface area contributed by atoms with E-state index in [0.29, 0.717) is 24.2 Å². The lowest BCUT2D eigenvalue weighted by atomic mass is 10.1. The SMILES string of the molecule is CCNCc1cc(S(=O)(=O)NC)cc(C)c1F. The molecule has 6 heteroatoms. The molecule has 0 amide bonds. The minimum atomic E-state index is -3.53. The third-order valence-corrected chi connectivity index (χ3v) is 3.84. The van der Waals surface area contributed by atoms with E-state index in [2.05, 4.69) is 10.0 Å². The molecule has 0 bridgehead atoms. The number of hydrogen-bond donors (Lipinski definition) is 2. The average molecular weight is 260 g/mol. The summed E-state index contributed by atoms with van der Waals surface area (Å²) >= 11 is 0. The molecular formula is C11H17FN2O2S. The summed E-state index contributed by atoms with van der Waals surface area (Å²) in [6.07, 6.45) is 0. The van der Waals surface area contributed by atoms with Crippen LogP contribution in [-0.4, -0.2) is 22.0 Å². The molecule has 0 atom stereocenters. The van der Waals surface area contributed by atoms with E-state index >= 15 is 0 Å². The fraction of sp³-hybridized carbons (Fsp3) is 0.455. The fourth-order valence-corrected chi connectivity index (χ4v) is 2.33. The molecule has 0 aliphatic heterocycles. The molecule has 0 saturated heterocycles. The summed E-state index contributed by atoms with van der Waals surface area (Å²) in [5, 5.41) is 2.97. The van der Waals surface area contributed by atoms with Gasteiger partial charge in [0, 0.05) is 12.1 Å². The third-order valence-electron chi connectivity index (χ3n) is 2.45. The van der Waals surface area contributed by atoms with E-state index in [4.69, 9.17) is 0 Å². The molecule has 96 valence electrons. The summed E-state index contributed by atoms with van der Waals surface area (Å²) in [7, 11) is -2.20. The van der Waals surface area contributed by atoms with Crippen molar-refractivity contribution in [3.63, 3.8) is 0 Å². The van der Waals surface area contributed by atoms with Crippen LogP contribution >= 0.6 is 0 Å². The standard InChI is InChI=1S/C11H17FN2O2S/c1-4-14-7-9-6-10(17(15,16)13-3)5-8(2)11(9)12/h5-6,13-14H,4,7H2,1-3H3. The molecule has 1 aromatic carbocycles. The Labute approximate surface area is 101 Å². The molecule has 0 fully saturated rings. The Kier molecular flexibility index (Phi) is 4.62. The van der Waals surface area contributed by atoms with Crippen LogP contribution in [0.5, 0.6) is 0 Å². The summed E-state index contributed by atoms with van der Waals surface area (Å²) < 4.78 is 39.2. The van der Waals surface area contributed by atoms with Crippen LogP contribution in [0.4, 0.5) is 4.39 Å². The van der Waals surface area contributed by atoms with E-state index in [1.54, 1.807) is 6.92 Å². The van der Waals surface area contributed by atoms with E-state index in [1.807, 2.05) is 6.92 Å². The van der Waals surface area contributed by atoms with Crippen molar-refractivity contribution in [2.45, 2.75) is 25.3 Å². The molecule has 0 heterocycles. The highest BCUT2D eigenvalue weighted by atomic mass is 32.2. The van der Waals surface area contributed by atoms with Crippen LogP contribution in [-0.2, 0) is 16.6 Å². The molecule has 4 nitrogen and oxygen atoms in total. The van der Waals surface area contributed by atoms with Crippen LogP contribution in [0, 0.1) is 12.7 Å². The first-order chi connectivity index (χ1) is 7.92. The Morgan fingerprint density at radius 3 is 2.53 bits per heavy atom. The predicted octanol–water partition coefficient (Wildman–Crippen LogP) is 1.15. The summed E-state index contributed by atoms with van der Waals surface area (Å²) in [6, 6.07) is 2.69. The maximum absolute atomic E-state index is 13.7. The maximum atomic E-state index is 13.7. The summed E-state index contributed by atoms with van der Waals surface area (Å²) in [6.45, 7) is 4.47. The minimum absolute atomic E-state index is 0.0896. The predicted molar refractivity (Wildman–Crippen MR) is 64.8 cm³/mol. The van der Waals surface area contributed by atoms with Gasteiger partial charge >= 0.3 is 0 Å². The van der Waals surface area contributed by atoms with Gasteiger partial charge in [-0.25, -0.2) is 17.5 Å². The summed E-state index contributed by atoms with van der Waals surface area (Å²) in [4.78, 5) is 0.0896. The van der Waals surface area contributed by atoms with E-state index < -0.39 is 10.0 Å². The van der Waals surface area contributed by atoms with Crippen molar-refractivity contribution in [3.8, 4) is 0 Å². The van der Waals surface area contributed by atoms with Gasteiger partial charge in [-0.1, -0.05) is 6.92 Å². The van der Waals surface area contributed by atoms with Gasteiger partial charge in [-0.3, -0.25) is 0 Å². The zero-order chi connectivity index (χ0) is 13.1. The van der Waals surface area contributed by atoms with Crippen molar-refractivity contribution >= 4 is 10.0 Å². The second kappa shape index (κ2) is 5.57. The zero-order valence-corrected chi connectivity index (χ0v) is 11.0. The van der Waals surface area contributed by atoms with Crippen LogP contribution in [0.1, 0.15) is 18.1 Å². The fourth-order valence-electron chi connectivity index (χ4n) is 1.47. The lowest BCUT2D eigenvalue weighted by Gasteiger charge is -2.10. The van der Waals surface area contributed by atoms with Gasteiger partial charge in [-0.05, 0) is 38.2 Å². The Morgan fingerprint density at radius 1 is 1.35 bits per heavy atom. The summed E-state index contributed by atoms with van der Waals surface area (Å²) in [5.41, 5.74) is 0.690. The number of hydrogen-bond acceptors (Lipinski definition) is 3. The molecule has 17 heavy (non-hydrogen) atoms. The van der Waals surface area contributed by atoms with Gasteiger partial charge in [0.1, 0.15) is 5.82 Å². The third kappa shape index (κ3) is 3.24. The van der Waals surface area contributed by atoms with Crippen molar-refractivity contribution in [1.29, 1.82) is 0 Å². The summed E-state index contributed by atoms with van der Waals surface area (Å²) in [5.74, 6) is -0.360. The topological polar surface area (TPSA) is 58.2 Å². The van der Waals surface area contributed by atoms with Crippen molar-refractivity contribution in [3.05, 3.63) is 29.1 Å². The lowest BCUT2D eigenvalue weighted by molar-refractivity contribution is 0.576. The number of rotatable bonds is 5. The molecule has 0 aliphatic rings. The first-order valence-corrected chi connectivity index (χ1v) is 6.84. The average Bonchev–Trinajstić information content (AvgIpc) is 2.30. The zero-order valence-electron chi connectivity index (χ0n) is 10.2. The minimum Gasteiger partial charge on any atom is -0.313 e. The highest BCUT2D eigenvalue weighted by Gasteiger charge is 2.16. The molecule has 0 radical (unpaired) electrons. The molecule has 0 saturated carbocycles. The first-order valence-electron chi connectivity index (χ1n) is 5.35. The van der Waals surface area contributed by atoms with E-state index in [9.17, 15) is 12.8 Å². The Bertz CT molecular complexity index is 500. The monoisotopic (exact) mass is 260 g/mol. The molecule has 1 rings (SSSR count). The molecule has 0 spiro atoms. The largest absolute Gasteiger partial charge is 0.313 e. The Morgan fingerprint density at radius 2 is 2.00 bits per heavy atom. The Hall–Kier alpha value is -0.980. The van der Waals surface area contributed by atoms with Crippen molar-refractivity contribution in [2.24, 2.45) is 0 Å². The molecule has 0 aromatic heterocycles. The van der Waals surface area contributed by atoms with Crippen LogP contribution < -0.4 is 10.0 Å². The van der Waals surface area contributed by atoms with Crippen molar-refractivity contribution < 1.29 is 12.8 Å². The molecular weight excluding hydrogens is 243 g/mol. The normalized spacial score (nSPS) is 11.8. The van der Waals surface area contributed by atoms with Gasteiger partial charge in [0.2, 0.25) is 10.0 Å². The maximum Gasteiger partial charge on any atom is 0.240 e. The highest BCUT2D eigenvalue weighted by Crippen LogP contribution is 2.19. The van der Waals surface area contributed by atoms with Gasteiger partial charge in [-0.15, -0.1) is 0 Å². The second-order valence-electron chi connectivity index (χ2n) is 3.70. The van der Waals surface area contributed by atoms with Gasteiger partial charge in [0.25, 0.3) is 0 Å². The number of nitrogens with one attached hydrogen (secondary N) is 2.